The minimum absolute atomic E-state index is 0.403. The lowest BCUT2D eigenvalue weighted by molar-refractivity contribution is -0.152. The average molecular weight is 255 g/mol. The van der Waals surface area contributed by atoms with Crippen LogP contribution in [0.4, 0.5) is 0 Å². The third kappa shape index (κ3) is 2.07. The topological polar surface area (TPSA) is 54.4 Å². The fraction of sp³-hybridized carbons (Fsp3) is 0.385. The van der Waals surface area contributed by atoms with Crippen LogP contribution in [0.5, 0.6) is 0 Å². The van der Waals surface area contributed by atoms with E-state index in [1.807, 2.05) is 0 Å². The number of carbonyl (C=O) groups excluding carboxylic acids is 1. The highest BCUT2D eigenvalue weighted by Crippen LogP contribution is 2.43. The lowest BCUT2D eigenvalue weighted by atomic mass is 9.63. The SMILES string of the molecule is CC(C)(C)C(C(=O)O)(C(=O)Cl)c1ccccc1. The lowest BCUT2D eigenvalue weighted by Gasteiger charge is -2.38. The van der Waals surface area contributed by atoms with Gasteiger partial charge in [-0.2, -0.15) is 0 Å². The summed E-state index contributed by atoms with van der Waals surface area (Å²) in [4.78, 5) is 23.3. The first kappa shape index (κ1) is 13.7. The van der Waals surface area contributed by atoms with Crippen LogP contribution in [-0.4, -0.2) is 16.3 Å². The first-order valence-corrected chi connectivity index (χ1v) is 5.61. The summed E-state index contributed by atoms with van der Waals surface area (Å²) in [5, 5.41) is 8.61. The van der Waals surface area contributed by atoms with E-state index in [-0.39, 0.29) is 0 Å². The van der Waals surface area contributed by atoms with Gasteiger partial charge >= 0.3 is 5.97 Å². The van der Waals surface area contributed by atoms with Gasteiger partial charge in [0.2, 0.25) is 5.24 Å². The Labute approximate surface area is 105 Å². The number of carboxylic acids is 1. The Balaban J connectivity index is 3.59. The smallest absolute Gasteiger partial charge is 0.323 e. The van der Waals surface area contributed by atoms with E-state index in [1.54, 1.807) is 51.1 Å². The molecule has 0 saturated carbocycles. The van der Waals surface area contributed by atoms with Gasteiger partial charge in [0.25, 0.3) is 0 Å². The molecule has 92 valence electrons. The molecule has 0 aliphatic heterocycles. The van der Waals surface area contributed by atoms with Gasteiger partial charge < -0.3 is 5.11 Å². The molecule has 1 aromatic rings. The monoisotopic (exact) mass is 254 g/mol. The maximum Gasteiger partial charge on any atom is 0.323 e. The zero-order valence-corrected chi connectivity index (χ0v) is 10.8. The lowest BCUT2D eigenvalue weighted by Crippen LogP contribution is -2.51. The first-order chi connectivity index (χ1) is 7.74. The number of benzene rings is 1. The Hall–Kier alpha value is -1.35. The molecule has 0 aliphatic carbocycles. The number of carbonyl (C=O) groups is 2. The first-order valence-electron chi connectivity index (χ1n) is 5.23. The van der Waals surface area contributed by atoms with Crippen LogP contribution in [0.1, 0.15) is 26.3 Å². The van der Waals surface area contributed by atoms with Gasteiger partial charge in [-0.25, -0.2) is 0 Å². The van der Waals surface area contributed by atoms with E-state index in [9.17, 15) is 14.7 Å². The summed E-state index contributed by atoms with van der Waals surface area (Å²) in [6.07, 6.45) is 0. The fourth-order valence-electron chi connectivity index (χ4n) is 2.06. The Morgan fingerprint density at radius 1 is 1.12 bits per heavy atom. The van der Waals surface area contributed by atoms with Crippen LogP contribution >= 0.6 is 11.6 Å². The Kier molecular flexibility index (Phi) is 3.62. The molecule has 0 bridgehead atoms. The second-order valence-corrected chi connectivity index (χ2v) is 5.29. The summed E-state index contributed by atoms with van der Waals surface area (Å²) in [5.41, 5.74) is -2.14. The van der Waals surface area contributed by atoms with Crippen molar-refractivity contribution in [3.05, 3.63) is 35.9 Å². The number of hydrogen-bond donors (Lipinski definition) is 1. The van der Waals surface area contributed by atoms with Crippen LogP contribution in [0.25, 0.3) is 0 Å². The minimum atomic E-state index is -1.73. The van der Waals surface area contributed by atoms with E-state index in [0.717, 1.165) is 0 Å². The molecule has 0 fully saturated rings. The summed E-state index contributed by atoms with van der Waals surface area (Å²) < 4.78 is 0. The van der Waals surface area contributed by atoms with Crippen molar-refractivity contribution in [2.45, 2.75) is 26.2 Å². The van der Waals surface area contributed by atoms with Crippen LogP contribution < -0.4 is 0 Å². The zero-order chi connectivity index (χ0) is 13.3. The normalized spacial score (nSPS) is 15.1. The summed E-state index contributed by atoms with van der Waals surface area (Å²) >= 11 is 5.59. The van der Waals surface area contributed by atoms with Gasteiger partial charge in [-0.05, 0) is 22.6 Å². The minimum Gasteiger partial charge on any atom is -0.480 e. The third-order valence-electron chi connectivity index (χ3n) is 2.95. The van der Waals surface area contributed by atoms with Crippen molar-refractivity contribution in [1.82, 2.24) is 0 Å². The van der Waals surface area contributed by atoms with Crippen molar-refractivity contribution in [3.63, 3.8) is 0 Å². The molecular formula is C13H15ClO3. The van der Waals surface area contributed by atoms with Crippen LogP contribution in [0.3, 0.4) is 0 Å². The summed E-state index contributed by atoms with van der Waals surface area (Å²) in [5.74, 6) is -1.23. The molecule has 1 unspecified atom stereocenters. The van der Waals surface area contributed by atoms with E-state index in [2.05, 4.69) is 0 Å². The molecule has 0 saturated heterocycles. The van der Waals surface area contributed by atoms with Gasteiger partial charge in [-0.15, -0.1) is 0 Å². The van der Waals surface area contributed by atoms with Crippen molar-refractivity contribution in [2.75, 3.05) is 0 Å². The van der Waals surface area contributed by atoms with E-state index in [4.69, 9.17) is 11.6 Å². The number of aliphatic carboxylic acids is 1. The molecule has 0 aliphatic rings. The van der Waals surface area contributed by atoms with Crippen molar-refractivity contribution in [3.8, 4) is 0 Å². The molecule has 17 heavy (non-hydrogen) atoms. The van der Waals surface area contributed by atoms with Crippen molar-refractivity contribution in [1.29, 1.82) is 0 Å². The predicted octanol–water partition coefficient (Wildman–Crippen LogP) is 2.82. The van der Waals surface area contributed by atoms with Gasteiger partial charge in [-0.3, -0.25) is 9.59 Å². The number of carboxylic acid groups (broad SMARTS) is 1. The number of hydrogen-bond acceptors (Lipinski definition) is 2. The second-order valence-electron chi connectivity index (χ2n) is 4.94. The van der Waals surface area contributed by atoms with E-state index in [0.29, 0.717) is 5.56 Å². The molecule has 0 heterocycles. The molecule has 0 radical (unpaired) electrons. The van der Waals surface area contributed by atoms with E-state index in [1.165, 1.54) is 0 Å². The van der Waals surface area contributed by atoms with Gasteiger partial charge in [0.05, 0.1) is 0 Å². The fourth-order valence-corrected chi connectivity index (χ4v) is 2.53. The zero-order valence-electron chi connectivity index (χ0n) is 10.0. The second kappa shape index (κ2) is 4.49. The molecule has 0 aromatic heterocycles. The molecule has 0 spiro atoms. The maximum atomic E-state index is 11.7. The molecule has 1 aromatic carbocycles. The highest BCUT2D eigenvalue weighted by molar-refractivity contribution is 6.67. The van der Waals surface area contributed by atoms with Gasteiger partial charge in [0.1, 0.15) is 0 Å². The van der Waals surface area contributed by atoms with Gasteiger partial charge in [-0.1, -0.05) is 51.1 Å². The predicted molar refractivity (Wildman–Crippen MR) is 66.1 cm³/mol. The van der Waals surface area contributed by atoms with E-state index >= 15 is 0 Å². The summed E-state index contributed by atoms with van der Waals surface area (Å²) in [6.45, 7) is 5.07. The molecular weight excluding hydrogens is 240 g/mol. The standard InChI is InChI=1S/C13H15ClO3/c1-12(2,3)13(10(14)15,11(16)17)9-7-5-4-6-8-9/h4-8H,1-3H3,(H,16,17). The largest absolute Gasteiger partial charge is 0.480 e. The quantitative estimate of drug-likeness (QED) is 0.667. The van der Waals surface area contributed by atoms with E-state index < -0.39 is 22.0 Å². The number of halogens is 1. The van der Waals surface area contributed by atoms with Crippen LogP contribution in [0.2, 0.25) is 0 Å². The van der Waals surface area contributed by atoms with Gasteiger partial charge in [0.15, 0.2) is 5.41 Å². The average Bonchev–Trinajstić information content (AvgIpc) is 2.16. The molecule has 1 rings (SSSR count). The van der Waals surface area contributed by atoms with Crippen molar-refractivity contribution in [2.24, 2.45) is 5.41 Å². The summed E-state index contributed by atoms with van der Waals surface area (Å²) in [7, 11) is 0. The van der Waals surface area contributed by atoms with Crippen LogP contribution in [0.15, 0.2) is 30.3 Å². The molecule has 1 atom stereocenters. The van der Waals surface area contributed by atoms with Crippen molar-refractivity contribution < 1.29 is 14.7 Å². The Morgan fingerprint density at radius 2 is 1.59 bits per heavy atom. The molecule has 1 N–H and O–H groups in total. The number of rotatable bonds is 3. The maximum absolute atomic E-state index is 11.7. The summed E-state index contributed by atoms with van der Waals surface area (Å²) in [6, 6.07) is 8.37. The molecule has 4 heteroatoms. The molecule has 0 amide bonds. The van der Waals surface area contributed by atoms with Crippen LogP contribution in [0, 0.1) is 5.41 Å². The highest BCUT2D eigenvalue weighted by atomic mass is 35.5. The van der Waals surface area contributed by atoms with Gasteiger partial charge in [0, 0.05) is 0 Å². The third-order valence-corrected chi connectivity index (χ3v) is 3.23. The van der Waals surface area contributed by atoms with Crippen molar-refractivity contribution >= 4 is 22.8 Å². The Bertz CT molecular complexity index is 418. The molecule has 3 nitrogen and oxygen atoms in total. The Morgan fingerprint density at radius 3 is 1.88 bits per heavy atom. The highest BCUT2D eigenvalue weighted by Gasteiger charge is 2.55. The van der Waals surface area contributed by atoms with Crippen LogP contribution in [-0.2, 0) is 15.0 Å².